The summed E-state index contributed by atoms with van der Waals surface area (Å²) in [5.74, 6) is -0.440. The van der Waals surface area contributed by atoms with Crippen molar-refractivity contribution in [2.24, 2.45) is 5.92 Å². The zero-order chi connectivity index (χ0) is 18.0. The van der Waals surface area contributed by atoms with Crippen LogP contribution in [0.25, 0.3) is 0 Å². The first kappa shape index (κ1) is 17.8. The van der Waals surface area contributed by atoms with Crippen LogP contribution in [0.15, 0.2) is 12.2 Å². The largest absolute Gasteiger partial charge is 0.445 e. The summed E-state index contributed by atoms with van der Waals surface area (Å²) in [6.07, 6.45) is 0.876. The van der Waals surface area contributed by atoms with Crippen LogP contribution in [0.3, 0.4) is 0 Å². The fraction of sp³-hybridized carbons (Fsp3) is 0.571. The average Bonchev–Trinajstić information content (AvgIpc) is 3.19. The molecule has 2 fully saturated rings. The predicted molar refractivity (Wildman–Crippen MR) is 83.7 cm³/mol. The number of nitrogens with one attached hydrogen (secondary N) is 3. The van der Waals surface area contributed by atoms with Gasteiger partial charge in [-0.05, 0) is 31.7 Å². The van der Waals surface area contributed by atoms with Gasteiger partial charge in [0.2, 0.25) is 22.0 Å². The highest BCUT2D eigenvalue weighted by Gasteiger charge is 2.36. The van der Waals surface area contributed by atoms with Gasteiger partial charge in [0.05, 0.1) is 12.1 Å². The summed E-state index contributed by atoms with van der Waals surface area (Å²) in [4.78, 5) is 23.8. The summed E-state index contributed by atoms with van der Waals surface area (Å²) < 4.78 is 37.3. The van der Waals surface area contributed by atoms with E-state index in [0.717, 1.165) is 25.8 Å². The average molecular weight is 375 g/mol. The van der Waals surface area contributed by atoms with Gasteiger partial charge in [0.1, 0.15) is 0 Å². The Hall–Kier alpha value is -2.01. The second-order valence-electron chi connectivity index (χ2n) is 5.93. The van der Waals surface area contributed by atoms with Gasteiger partial charge < -0.3 is 10.6 Å². The van der Waals surface area contributed by atoms with Crippen LogP contribution >= 0.6 is 11.3 Å². The van der Waals surface area contributed by atoms with Gasteiger partial charge in [0.25, 0.3) is 0 Å². The summed E-state index contributed by atoms with van der Waals surface area (Å²) in [7, 11) is 0. The highest BCUT2D eigenvalue weighted by molar-refractivity contribution is 7.15. The van der Waals surface area contributed by atoms with Gasteiger partial charge in [0, 0.05) is 6.08 Å². The van der Waals surface area contributed by atoms with Crippen molar-refractivity contribution in [2.75, 3.05) is 11.9 Å². The van der Waals surface area contributed by atoms with Gasteiger partial charge in [-0.3, -0.25) is 14.9 Å². The van der Waals surface area contributed by atoms with E-state index >= 15 is 0 Å². The summed E-state index contributed by atoms with van der Waals surface area (Å²) in [5.41, 5.74) is 0. The lowest BCUT2D eigenvalue weighted by atomic mass is 10.1. The molecule has 2 atom stereocenters. The van der Waals surface area contributed by atoms with Crippen molar-refractivity contribution in [1.82, 2.24) is 20.8 Å². The minimum absolute atomic E-state index is 0.104. The van der Waals surface area contributed by atoms with Crippen molar-refractivity contribution in [2.45, 2.75) is 37.5 Å². The zero-order valence-electron chi connectivity index (χ0n) is 13.0. The molecule has 1 aromatic heterocycles. The summed E-state index contributed by atoms with van der Waals surface area (Å²) in [6, 6.07) is -0.452. The van der Waals surface area contributed by atoms with Crippen LogP contribution in [-0.2, 0) is 15.8 Å². The third kappa shape index (κ3) is 4.75. The maximum absolute atomic E-state index is 12.4. The van der Waals surface area contributed by atoms with E-state index in [1.165, 1.54) is 6.08 Å². The molecule has 0 aromatic carbocycles. The van der Waals surface area contributed by atoms with E-state index in [0.29, 0.717) is 0 Å². The van der Waals surface area contributed by atoms with Gasteiger partial charge in [0.15, 0.2) is 0 Å². The third-order valence-corrected chi connectivity index (χ3v) is 4.82. The molecule has 7 nitrogen and oxygen atoms in total. The van der Waals surface area contributed by atoms with Crippen molar-refractivity contribution in [3.63, 3.8) is 0 Å². The second kappa shape index (κ2) is 7.08. The first-order valence-corrected chi connectivity index (χ1v) is 8.58. The first-order chi connectivity index (χ1) is 11.8. The normalized spacial score (nSPS) is 21.6. The number of nitrogens with zero attached hydrogens (tertiary/aromatic N) is 2. The molecule has 1 saturated heterocycles. The topological polar surface area (TPSA) is 96.0 Å². The van der Waals surface area contributed by atoms with Crippen molar-refractivity contribution < 1.29 is 22.8 Å². The minimum atomic E-state index is -4.59. The zero-order valence-corrected chi connectivity index (χ0v) is 13.8. The SMILES string of the molecule is O=C(/C=C/[C@@H](NC(=O)C1CCN1)C1CC1)Nc1nnc(C(F)(F)F)s1. The fourth-order valence-corrected chi connectivity index (χ4v) is 2.90. The quantitative estimate of drug-likeness (QED) is 0.652. The molecule has 1 aromatic rings. The van der Waals surface area contributed by atoms with E-state index in [-0.39, 0.29) is 40.4 Å². The van der Waals surface area contributed by atoms with Crippen LogP contribution in [0.4, 0.5) is 18.3 Å². The second-order valence-corrected chi connectivity index (χ2v) is 6.90. The van der Waals surface area contributed by atoms with E-state index in [1.54, 1.807) is 6.08 Å². The molecule has 136 valence electrons. The predicted octanol–water partition coefficient (Wildman–Crippen LogP) is 1.31. The Morgan fingerprint density at radius 1 is 1.28 bits per heavy atom. The molecule has 2 heterocycles. The molecule has 1 unspecified atom stereocenters. The molecule has 11 heteroatoms. The van der Waals surface area contributed by atoms with Crippen molar-refractivity contribution >= 4 is 28.3 Å². The fourth-order valence-electron chi connectivity index (χ4n) is 2.28. The Morgan fingerprint density at radius 2 is 2.00 bits per heavy atom. The van der Waals surface area contributed by atoms with Crippen LogP contribution in [0.2, 0.25) is 0 Å². The number of hydrogen-bond donors (Lipinski definition) is 3. The van der Waals surface area contributed by atoms with Crippen LogP contribution in [0.1, 0.15) is 24.3 Å². The number of hydrogen-bond acceptors (Lipinski definition) is 6. The number of aromatic nitrogens is 2. The van der Waals surface area contributed by atoms with E-state index < -0.39 is 17.1 Å². The van der Waals surface area contributed by atoms with E-state index in [9.17, 15) is 22.8 Å². The van der Waals surface area contributed by atoms with Gasteiger partial charge in [-0.2, -0.15) is 13.2 Å². The maximum Gasteiger partial charge on any atom is 0.445 e. The summed E-state index contributed by atoms with van der Waals surface area (Å²) in [6.45, 7) is 0.812. The Balaban J connectivity index is 1.54. The van der Waals surface area contributed by atoms with Crippen LogP contribution in [-0.4, -0.2) is 40.6 Å². The molecule has 2 aliphatic rings. The van der Waals surface area contributed by atoms with Gasteiger partial charge >= 0.3 is 6.18 Å². The van der Waals surface area contributed by atoms with Crippen LogP contribution in [0.5, 0.6) is 0 Å². The summed E-state index contributed by atoms with van der Waals surface area (Å²) in [5, 5.41) is 13.1. The lowest BCUT2D eigenvalue weighted by molar-refractivity contribution is -0.138. The Kier molecular flexibility index (Phi) is 5.04. The van der Waals surface area contributed by atoms with Gasteiger partial charge in [-0.1, -0.05) is 17.4 Å². The molecule has 2 amide bonds. The Bertz CT molecular complexity index is 682. The highest BCUT2D eigenvalue weighted by atomic mass is 32.1. The number of anilines is 1. The van der Waals surface area contributed by atoms with Gasteiger partial charge in [-0.15, -0.1) is 10.2 Å². The van der Waals surface area contributed by atoms with E-state index in [4.69, 9.17) is 0 Å². The first-order valence-electron chi connectivity index (χ1n) is 7.76. The molecule has 0 spiro atoms. The lowest BCUT2D eigenvalue weighted by Gasteiger charge is -2.28. The number of carbonyl (C=O) groups excluding carboxylic acids is 2. The maximum atomic E-state index is 12.4. The third-order valence-electron chi connectivity index (χ3n) is 3.93. The van der Waals surface area contributed by atoms with E-state index in [2.05, 4.69) is 26.1 Å². The number of rotatable bonds is 6. The molecule has 1 aliphatic heterocycles. The molecule has 0 radical (unpaired) electrons. The van der Waals surface area contributed by atoms with Crippen molar-refractivity contribution in [3.8, 4) is 0 Å². The van der Waals surface area contributed by atoms with Crippen LogP contribution in [0, 0.1) is 5.92 Å². The molecule has 3 N–H and O–H groups in total. The summed E-state index contributed by atoms with van der Waals surface area (Å²) >= 11 is 0.255. The van der Waals surface area contributed by atoms with Gasteiger partial charge in [-0.25, -0.2) is 0 Å². The minimum Gasteiger partial charge on any atom is -0.348 e. The molecular formula is C14H16F3N5O2S. The molecule has 1 saturated carbocycles. The molecular weight excluding hydrogens is 359 g/mol. The molecule has 1 aliphatic carbocycles. The van der Waals surface area contributed by atoms with E-state index in [1.807, 2.05) is 0 Å². The number of alkyl halides is 3. The monoisotopic (exact) mass is 375 g/mol. The number of carbonyl (C=O) groups is 2. The lowest BCUT2D eigenvalue weighted by Crippen LogP contribution is -2.55. The Labute approximate surface area is 145 Å². The standard InChI is InChI=1S/C14H16F3N5O2S/c15-14(16,17)12-21-22-13(25-12)20-10(23)4-3-8(7-1-2-7)19-11(24)9-5-6-18-9/h3-4,7-9,18H,1-2,5-6H2,(H,19,24)(H,20,22,23)/b4-3+/t8-,9?/m1/s1. The number of halogens is 3. The highest BCUT2D eigenvalue weighted by Crippen LogP contribution is 2.34. The molecule has 0 bridgehead atoms. The Morgan fingerprint density at radius 3 is 2.52 bits per heavy atom. The molecule has 3 rings (SSSR count). The van der Waals surface area contributed by atoms with Crippen LogP contribution < -0.4 is 16.0 Å². The number of amides is 2. The van der Waals surface area contributed by atoms with Crippen molar-refractivity contribution in [1.29, 1.82) is 0 Å². The van der Waals surface area contributed by atoms with Crippen molar-refractivity contribution in [3.05, 3.63) is 17.2 Å². The smallest absolute Gasteiger partial charge is 0.348 e. The molecule has 25 heavy (non-hydrogen) atoms.